The maximum atomic E-state index is 12.3. The monoisotopic (exact) mass is 452 g/mol. The predicted molar refractivity (Wildman–Crippen MR) is 106 cm³/mol. The lowest BCUT2D eigenvalue weighted by Crippen LogP contribution is -2.36. The van der Waals surface area contributed by atoms with Crippen molar-refractivity contribution in [1.82, 2.24) is 19.5 Å². The van der Waals surface area contributed by atoms with E-state index in [-0.39, 0.29) is 11.2 Å². The fourth-order valence-corrected chi connectivity index (χ4v) is 4.24. The summed E-state index contributed by atoms with van der Waals surface area (Å²) in [6.07, 6.45) is -3.25. The average Bonchev–Trinajstić information content (AvgIpc) is 3.22. The lowest BCUT2D eigenvalue weighted by molar-refractivity contribution is -0.156. The van der Waals surface area contributed by atoms with E-state index in [4.69, 9.17) is 21.1 Å². The molecule has 3 aromatic rings. The minimum Gasteiger partial charge on any atom is -0.455 e. The summed E-state index contributed by atoms with van der Waals surface area (Å²) in [6, 6.07) is 6.97. The minimum absolute atomic E-state index is 0.0566. The Morgan fingerprint density at radius 3 is 2.80 bits per heavy atom. The first-order valence-corrected chi connectivity index (χ1v) is 10.1. The van der Waals surface area contributed by atoms with Gasteiger partial charge in [-0.2, -0.15) is 0 Å². The summed E-state index contributed by atoms with van der Waals surface area (Å²) in [5.41, 5.74) is -0.220. The highest BCUT2D eigenvalue weighted by atomic mass is 35.5. The molecule has 0 radical (unpaired) electrons. The van der Waals surface area contributed by atoms with E-state index < -0.39 is 42.7 Å². The first kappa shape index (κ1) is 20.8. The second kappa shape index (κ2) is 8.36. The summed E-state index contributed by atoms with van der Waals surface area (Å²) in [6.45, 7) is 0.712. The summed E-state index contributed by atoms with van der Waals surface area (Å²) in [5, 5.41) is 20.9. The van der Waals surface area contributed by atoms with Crippen LogP contribution in [0.25, 0.3) is 11.2 Å². The zero-order valence-electron chi connectivity index (χ0n) is 15.6. The molecule has 30 heavy (non-hydrogen) atoms. The molecule has 4 atom stereocenters. The number of aliphatic hydroxyl groups is 2. The summed E-state index contributed by atoms with van der Waals surface area (Å²) < 4.78 is 12.5. The molecule has 1 aliphatic rings. The number of H-pyrrole nitrogens is 1. The fraction of sp³-hybridized carbons (Fsp3) is 0.333. The van der Waals surface area contributed by atoms with Crippen LogP contribution in [0, 0.1) is 0 Å². The Bertz CT molecular complexity index is 1130. The maximum absolute atomic E-state index is 12.3. The SMILES string of the molecule is CC(=O)O[C@@H]1[C@H](O)[C@@H](CO)O[C@H]1n1c(Sc2ccc(Cl)cc2)nc2c(=O)[nH]cnc21. The van der Waals surface area contributed by atoms with Gasteiger partial charge in [0.1, 0.15) is 12.2 Å². The number of carbonyl (C=O) groups is 1. The van der Waals surface area contributed by atoms with Gasteiger partial charge in [0.15, 0.2) is 28.7 Å². The number of rotatable bonds is 5. The molecule has 1 aliphatic heterocycles. The number of nitrogens with zero attached hydrogens (tertiary/aromatic N) is 3. The van der Waals surface area contributed by atoms with Crippen molar-refractivity contribution in [3.05, 3.63) is 46.0 Å². The molecule has 0 unspecified atom stereocenters. The Balaban J connectivity index is 1.85. The van der Waals surface area contributed by atoms with Crippen molar-refractivity contribution in [3.63, 3.8) is 0 Å². The number of esters is 1. The van der Waals surface area contributed by atoms with Gasteiger partial charge in [0.05, 0.1) is 12.9 Å². The van der Waals surface area contributed by atoms with Crippen molar-refractivity contribution in [2.24, 2.45) is 0 Å². The van der Waals surface area contributed by atoms with Crippen LogP contribution in [0.2, 0.25) is 5.02 Å². The van der Waals surface area contributed by atoms with E-state index >= 15 is 0 Å². The largest absolute Gasteiger partial charge is 0.455 e. The Kier molecular flexibility index (Phi) is 5.80. The van der Waals surface area contributed by atoms with Crippen molar-refractivity contribution in [2.75, 3.05) is 6.61 Å². The predicted octanol–water partition coefficient (Wildman–Crippen LogP) is 1.11. The van der Waals surface area contributed by atoms with Crippen LogP contribution < -0.4 is 5.56 Å². The molecular formula is C18H17ClN4O6S. The van der Waals surface area contributed by atoms with Crippen LogP contribution in [0.5, 0.6) is 0 Å². The molecule has 158 valence electrons. The summed E-state index contributed by atoms with van der Waals surface area (Å²) in [4.78, 5) is 35.7. The van der Waals surface area contributed by atoms with E-state index in [1.807, 2.05) is 0 Å². The van der Waals surface area contributed by atoms with Crippen LogP contribution in [0.15, 0.2) is 45.4 Å². The molecule has 0 amide bonds. The van der Waals surface area contributed by atoms with Crippen molar-refractivity contribution in [1.29, 1.82) is 0 Å². The topological polar surface area (TPSA) is 140 Å². The molecule has 3 heterocycles. The highest BCUT2D eigenvalue weighted by Crippen LogP contribution is 2.38. The number of aromatic nitrogens is 4. The average molecular weight is 453 g/mol. The molecule has 1 aromatic carbocycles. The van der Waals surface area contributed by atoms with Gasteiger partial charge in [-0.1, -0.05) is 23.4 Å². The zero-order chi connectivity index (χ0) is 21.4. The lowest BCUT2D eigenvalue weighted by Gasteiger charge is -2.22. The molecule has 0 bridgehead atoms. The van der Waals surface area contributed by atoms with E-state index in [9.17, 15) is 19.8 Å². The van der Waals surface area contributed by atoms with Gasteiger partial charge in [-0.25, -0.2) is 9.97 Å². The number of ether oxygens (including phenoxy) is 2. The first-order chi connectivity index (χ1) is 14.4. The van der Waals surface area contributed by atoms with Crippen molar-refractivity contribution < 1.29 is 24.5 Å². The third-order valence-corrected chi connectivity index (χ3v) is 5.75. The van der Waals surface area contributed by atoms with Crippen LogP contribution in [0.1, 0.15) is 13.2 Å². The van der Waals surface area contributed by atoms with Gasteiger partial charge in [-0.15, -0.1) is 0 Å². The molecule has 0 saturated carbocycles. The molecule has 10 nitrogen and oxygen atoms in total. The van der Waals surface area contributed by atoms with Crippen LogP contribution in [0.3, 0.4) is 0 Å². The van der Waals surface area contributed by atoms with Gasteiger partial charge in [0, 0.05) is 16.8 Å². The van der Waals surface area contributed by atoms with E-state index in [2.05, 4.69) is 15.0 Å². The number of nitrogens with one attached hydrogen (secondary N) is 1. The highest BCUT2D eigenvalue weighted by Gasteiger charge is 2.48. The van der Waals surface area contributed by atoms with Gasteiger partial charge in [-0.05, 0) is 24.3 Å². The number of carbonyl (C=O) groups excluding carboxylic acids is 1. The number of aromatic amines is 1. The molecule has 3 N–H and O–H groups in total. The maximum Gasteiger partial charge on any atom is 0.303 e. The third-order valence-electron chi connectivity index (χ3n) is 4.52. The Hall–Kier alpha value is -2.44. The smallest absolute Gasteiger partial charge is 0.303 e. The van der Waals surface area contributed by atoms with Crippen LogP contribution >= 0.6 is 23.4 Å². The summed E-state index contributed by atoms with van der Waals surface area (Å²) >= 11 is 7.16. The number of halogens is 1. The Morgan fingerprint density at radius 1 is 1.40 bits per heavy atom. The van der Waals surface area contributed by atoms with Crippen molar-refractivity contribution in [3.8, 4) is 0 Å². The number of fused-ring (bicyclic) bond motifs is 1. The molecule has 0 spiro atoms. The molecule has 0 aliphatic carbocycles. The van der Waals surface area contributed by atoms with Gasteiger partial charge in [0.2, 0.25) is 0 Å². The molecule has 1 fully saturated rings. The Labute approximate surface area is 178 Å². The number of aliphatic hydroxyl groups excluding tert-OH is 2. The second-order valence-electron chi connectivity index (χ2n) is 6.54. The Morgan fingerprint density at radius 2 is 2.13 bits per heavy atom. The van der Waals surface area contributed by atoms with Gasteiger partial charge in [-0.3, -0.25) is 14.2 Å². The van der Waals surface area contributed by atoms with Gasteiger partial charge in [0.25, 0.3) is 5.56 Å². The van der Waals surface area contributed by atoms with Crippen LogP contribution in [-0.4, -0.2) is 60.6 Å². The zero-order valence-corrected chi connectivity index (χ0v) is 17.1. The first-order valence-electron chi connectivity index (χ1n) is 8.89. The molecule has 4 rings (SSSR count). The number of hydrogen-bond acceptors (Lipinski definition) is 9. The quantitative estimate of drug-likeness (QED) is 0.485. The van der Waals surface area contributed by atoms with E-state index in [0.717, 1.165) is 4.90 Å². The van der Waals surface area contributed by atoms with E-state index in [1.165, 1.54) is 29.6 Å². The number of benzene rings is 1. The van der Waals surface area contributed by atoms with Gasteiger partial charge >= 0.3 is 5.97 Å². The van der Waals surface area contributed by atoms with Crippen LogP contribution in [-0.2, 0) is 14.3 Å². The van der Waals surface area contributed by atoms with Crippen LogP contribution in [0.4, 0.5) is 0 Å². The van der Waals surface area contributed by atoms with Crippen molar-refractivity contribution in [2.45, 2.75) is 41.5 Å². The van der Waals surface area contributed by atoms with Crippen molar-refractivity contribution >= 4 is 40.5 Å². The third kappa shape index (κ3) is 3.82. The molecular weight excluding hydrogens is 436 g/mol. The normalized spacial score (nSPS) is 23.7. The fourth-order valence-electron chi connectivity index (χ4n) is 3.21. The number of imidazole rings is 1. The molecule has 2 aromatic heterocycles. The van der Waals surface area contributed by atoms with E-state index in [0.29, 0.717) is 10.2 Å². The minimum atomic E-state index is -1.28. The second-order valence-corrected chi connectivity index (χ2v) is 8.01. The summed E-state index contributed by atoms with van der Waals surface area (Å²) in [5.74, 6) is -0.631. The lowest BCUT2D eigenvalue weighted by atomic mass is 10.1. The standard InChI is InChI=1S/C18H17ClN4O6S/c1-8(25)28-14-13(26)11(6-24)29-17(14)23-15-12(16(27)21-7-20-15)22-18(23)30-10-4-2-9(19)3-5-10/h2-5,7,11,13-14,17,24,26H,6H2,1H3,(H,20,21,27)/t11-,13-,14-,17-/m1/s1. The number of hydrogen-bond donors (Lipinski definition) is 3. The molecule has 1 saturated heterocycles. The molecule has 12 heteroatoms. The highest BCUT2D eigenvalue weighted by molar-refractivity contribution is 7.99. The van der Waals surface area contributed by atoms with E-state index in [1.54, 1.807) is 24.3 Å². The van der Waals surface area contributed by atoms with Gasteiger partial charge < -0.3 is 24.7 Å². The summed E-state index contributed by atoms with van der Waals surface area (Å²) in [7, 11) is 0.